The molecule has 85 heavy (non-hydrogen) atoms. The monoisotopic (exact) mass is 1190 g/mol. The first kappa shape index (κ1) is 65.4. The van der Waals surface area contributed by atoms with Crippen molar-refractivity contribution in [3.05, 3.63) is 103 Å². The lowest BCUT2D eigenvalue weighted by Crippen LogP contribution is -2.40. The molecular formula is C62H85N11O11S. The van der Waals surface area contributed by atoms with Crippen LogP contribution in [0.2, 0.25) is 0 Å². The number of amides is 6. The summed E-state index contributed by atoms with van der Waals surface area (Å²) in [5.41, 5.74) is 2.17. The number of benzene rings is 3. The number of carbonyl (C=O) groups excluding carboxylic acids is 6. The average Bonchev–Trinajstić information content (AvgIpc) is 4.30. The van der Waals surface area contributed by atoms with E-state index in [1.807, 2.05) is 73.4 Å². The number of unbranched alkanes of at least 4 members (excludes halogenated alkanes) is 2. The summed E-state index contributed by atoms with van der Waals surface area (Å²) < 4.78 is 28.1. The second-order valence-corrected chi connectivity index (χ2v) is 22.4. The van der Waals surface area contributed by atoms with Crippen LogP contribution in [-0.4, -0.2) is 178 Å². The molecule has 4 aromatic rings. The predicted octanol–water partition coefficient (Wildman–Crippen LogP) is 6.96. The van der Waals surface area contributed by atoms with Gasteiger partial charge in [0, 0.05) is 136 Å². The van der Waals surface area contributed by atoms with Crippen LogP contribution in [0.15, 0.2) is 97.3 Å². The number of likely N-dealkylation sites (N-methyl/N-ethyl adjacent to an activating group) is 1. The summed E-state index contributed by atoms with van der Waals surface area (Å²) in [6.45, 7) is 7.57. The first-order valence-electron chi connectivity index (χ1n) is 29.8. The summed E-state index contributed by atoms with van der Waals surface area (Å²) in [6.07, 6.45) is 12.8. The molecule has 0 radical (unpaired) electrons. The van der Waals surface area contributed by atoms with Gasteiger partial charge in [0.05, 0.1) is 39.6 Å². The minimum atomic E-state index is -0.350. The summed E-state index contributed by atoms with van der Waals surface area (Å²) in [4.78, 5) is 88.0. The summed E-state index contributed by atoms with van der Waals surface area (Å²) in [7, 11) is 1.96. The van der Waals surface area contributed by atoms with Crippen molar-refractivity contribution in [2.75, 3.05) is 127 Å². The van der Waals surface area contributed by atoms with E-state index >= 15 is 0 Å². The maximum atomic E-state index is 13.7. The zero-order valence-corrected chi connectivity index (χ0v) is 49.8. The molecule has 3 aliphatic heterocycles. The molecule has 3 aliphatic rings. The zero-order chi connectivity index (χ0) is 59.7. The van der Waals surface area contributed by atoms with E-state index in [1.54, 1.807) is 35.2 Å². The molecule has 3 saturated heterocycles. The highest BCUT2D eigenvalue weighted by Gasteiger charge is 2.42. The van der Waals surface area contributed by atoms with Gasteiger partial charge in [-0.25, -0.2) is 9.97 Å². The molecule has 6 amide bonds. The normalized spacial score (nSPS) is 16.4. The summed E-state index contributed by atoms with van der Waals surface area (Å²) in [5, 5.41) is 21.9. The number of nitrogens with one attached hydrogen (secondary N) is 7. The van der Waals surface area contributed by atoms with Gasteiger partial charge in [0.2, 0.25) is 29.5 Å². The smallest absolute Gasteiger partial charge is 0.254 e. The molecule has 22 nitrogen and oxygen atoms in total. The number of morpholine rings is 1. The average molecular weight is 1190 g/mol. The van der Waals surface area contributed by atoms with Crippen LogP contribution in [0.3, 0.4) is 0 Å². The van der Waals surface area contributed by atoms with Crippen LogP contribution in [0.5, 0.6) is 11.5 Å². The maximum Gasteiger partial charge on any atom is 0.254 e. The van der Waals surface area contributed by atoms with Crippen LogP contribution in [0.4, 0.5) is 28.7 Å². The summed E-state index contributed by atoms with van der Waals surface area (Å²) in [6, 6.07) is 24.3. The van der Waals surface area contributed by atoms with Gasteiger partial charge in [-0.2, -0.15) is 11.8 Å². The highest BCUT2D eigenvalue weighted by Crippen LogP contribution is 2.40. The Morgan fingerprint density at radius 2 is 1.31 bits per heavy atom. The van der Waals surface area contributed by atoms with Crippen LogP contribution in [0.25, 0.3) is 0 Å². The molecule has 0 spiro atoms. The second kappa shape index (κ2) is 37.3. The van der Waals surface area contributed by atoms with Gasteiger partial charge in [-0.3, -0.25) is 28.8 Å². The zero-order valence-electron chi connectivity index (χ0n) is 49.0. The van der Waals surface area contributed by atoms with Crippen LogP contribution < -0.4 is 42.0 Å². The summed E-state index contributed by atoms with van der Waals surface area (Å²) >= 11 is 1.96. The topological polar surface area (TPSA) is 265 Å². The maximum absolute atomic E-state index is 13.7. The van der Waals surface area contributed by atoms with Crippen molar-refractivity contribution in [2.45, 2.75) is 88.3 Å². The molecule has 7 rings (SSSR count). The van der Waals surface area contributed by atoms with Crippen molar-refractivity contribution in [3.63, 3.8) is 0 Å². The highest BCUT2D eigenvalue weighted by molar-refractivity contribution is 8.00. The Hall–Kier alpha value is -7.15. The van der Waals surface area contributed by atoms with Gasteiger partial charge in [0.15, 0.2) is 0 Å². The van der Waals surface area contributed by atoms with Gasteiger partial charge in [-0.1, -0.05) is 30.7 Å². The van der Waals surface area contributed by atoms with Crippen molar-refractivity contribution in [1.82, 2.24) is 41.0 Å². The molecule has 1 aromatic heterocycles. The first-order valence-corrected chi connectivity index (χ1v) is 30.9. The standard InChI is InChI=1S/C62H85N11O11S/c1-72(27-8-7-24-63-58(75)17-9-18-59(76)65-26-12-32-81-36-38-83-37-35-80-31-11-25-64-57(74)16-6-5-15-54-52-42-61(78)71-53(52)44-85-54)28-10-19-60(77)70-49-40-46(62(79)73-29-33-82-34-30-73)39-48(41-49)69-56-43-55(66-45-67-56)68-47-20-22-51(23-21-47)84-50-13-3-2-4-14-50/h2-4,10,13-14,19-23,39-41,43,45,52-54H,5-9,11-12,15-18,24-38,42,44H2,1H3,(H,63,75)(H,64,74)(H,65,76)(H,70,77)(H,71,78)(H2,66,67,68,69)/b19-10+/t52-,53-,54-/m0/s1. The van der Waals surface area contributed by atoms with E-state index in [0.29, 0.717) is 169 Å². The Morgan fingerprint density at radius 1 is 0.694 bits per heavy atom. The number of para-hydroxylation sites is 1. The molecule has 0 bridgehead atoms. The lowest BCUT2D eigenvalue weighted by molar-refractivity contribution is -0.123. The predicted molar refractivity (Wildman–Crippen MR) is 329 cm³/mol. The van der Waals surface area contributed by atoms with E-state index in [4.69, 9.17) is 23.7 Å². The van der Waals surface area contributed by atoms with Crippen molar-refractivity contribution >= 4 is 75.9 Å². The van der Waals surface area contributed by atoms with E-state index in [1.165, 1.54) is 12.4 Å². The third kappa shape index (κ3) is 25.1. The largest absolute Gasteiger partial charge is 0.457 e. The lowest BCUT2D eigenvalue weighted by Gasteiger charge is -2.27. The minimum absolute atomic E-state index is 0.0738. The molecule has 460 valence electrons. The molecule has 0 saturated carbocycles. The van der Waals surface area contributed by atoms with E-state index in [-0.39, 0.29) is 48.3 Å². The SMILES string of the molecule is CN(C/C=C/C(=O)Nc1cc(Nc2cc(Nc3ccc(Oc4ccccc4)cc3)ncn2)cc(C(=O)N2CCOCC2)c1)CCCCNC(=O)CCCC(=O)NCCCOCCOCCOCCCNC(=O)CCCC[C@@H]1SC[C@@H]2NC(=O)C[C@@H]21. The number of hydrogen-bond donors (Lipinski definition) is 7. The van der Waals surface area contributed by atoms with Crippen molar-refractivity contribution in [3.8, 4) is 11.5 Å². The van der Waals surface area contributed by atoms with Crippen LogP contribution in [0.1, 0.15) is 87.4 Å². The Labute approximate surface area is 503 Å². The third-order valence-corrected chi connectivity index (χ3v) is 15.9. The number of carbonyl (C=O) groups is 6. The Bertz CT molecular complexity index is 2740. The van der Waals surface area contributed by atoms with Crippen molar-refractivity contribution in [2.24, 2.45) is 5.92 Å². The molecule has 7 N–H and O–H groups in total. The number of aromatic nitrogens is 2. The van der Waals surface area contributed by atoms with Gasteiger partial charge in [-0.15, -0.1) is 0 Å². The minimum Gasteiger partial charge on any atom is -0.457 e. The van der Waals surface area contributed by atoms with Gasteiger partial charge in [0.1, 0.15) is 29.5 Å². The molecule has 23 heteroatoms. The quantitative estimate of drug-likeness (QED) is 0.0176. The Balaban J connectivity index is 0.666. The van der Waals surface area contributed by atoms with Crippen LogP contribution >= 0.6 is 11.8 Å². The van der Waals surface area contributed by atoms with Gasteiger partial charge >= 0.3 is 0 Å². The lowest BCUT2D eigenvalue weighted by atomic mass is 9.94. The Kier molecular flexibility index (Phi) is 28.7. The van der Waals surface area contributed by atoms with Gasteiger partial charge in [-0.05, 0) is 113 Å². The fourth-order valence-electron chi connectivity index (χ4n) is 9.80. The third-order valence-electron chi connectivity index (χ3n) is 14.3. The van der Waals surface area contributed by atoms with E-state index in [0.717, 1.165) is 62.3 Å². The van der Waals surface area contributed by atoms with Crippen LogP contribution in [0, 0.1) is 5.92 Å². The molecule has 3 fully saturated rings. The number of thioether (sulfide) groups is 1. The van der Waals surface area contributed by atoms with Gasteiger partial charge < -0.3 is 70.7 Å². The molecule has 0 aliphatic carbocycles. The van der Waals surface area contributed by atoms with Gasteiger partial charge in [0.25, 0.3) is 5.91 Å². The molecular weight excluding hydrogens is 1110 g/mol. The highest BCUT2D eigenvalue weighted by atomic mass is 32.2. The molecule has 3 atom stereocenters. The van der Waals surface area contributed by atoms with E-state index in [9.17, 15) is 28.8 Å². The summed E-state index contributed by atoms with van der Waals surface area (Å²) in [5.74, 6) is 3.46. The van der Waals surface area contributed by atoms with Crippen molar-refractivity contribution in [1.29, 1.82) is 0 Å². The van der Waals surface area contributed by atoms with E-state index in [2.05, 4.69) is 52.1 Å². The molecule has 3 aromatic carbocycles. The number of fused-ring (bicyclic) bond motifs is 1. The number of hydrogen-bond acceptors (Lipinski definition) is 17. The number of rotatable bonds is 39. The first-order chi connectivity index (χ1) is 41.5. The van der Waals surface area contributed by atoms with Crippen molar-refractivity contribution < 1.29 is 52.5 Å². The Morgan fingerprint density at radius 3 is 1.99 bits per heavy atom. The second-order valence-electron chi connectivity index (χ2n) is 21.1. The van der Waals surface area contributed by atoms with Crippen LogP contribution in [-0.2, 0) is 42.9 Å². The molecule has 0 unspecified atom stereocenters. The fourth-order valence-corrected chi connectivity index (χ4v) is 11.5. The fraction of sp³-hybridized carbons (Fsp3) is 0.516. The number of ether oxygens (including phenoxy) is 5. The molecule has 4 heterocycles. The number of anilines is 5. The van der Waals surface area contributed by atoms with E-state index < -0.39 is 0 Å². The number of nitrogens with zero attached hydrogens (tertiary/aromatic N) is 4.